The van der Waals surface area contributed by atoms with Gasteiger partial charge in [-0.25, -0.2) is 0 Å². The Kier molecular flexibility index (Phi) is 3.04. The van der Waals surface area contributed by atoms with E-state index in [2.05, 4.69) is 0 Å². The fourth-order valence-electron chi connectivity index (χ4n) is 2.84. The molecule has 0 radical (unpaired) electrons. The van der Waals surface area contributed by atoms with E-state index < -0.39 is 0 Å². The predicted octanol–water partition coefficient (Wildman–Crippen LogP) is 2.00. The molecule has 0 N–H and O–H groups in total. The Labute approximate surface area is 97.2 Å². The van der Waals surface area contributed by atoms with Crippen molar-refractivity contribution in [3.8, 4) is 0 Å². The zero-order valence-corrected chi connectivity index (χ0v) is 10.3. The summed E-state index contributed by atoms with van der Waals surface area (Å²) in [4.78, 5) is 25.8. The number of Topliss-reactive ketones (excluding diaryl/α,β-unsaturated/α-hetero) is 1. The van der Waals surface area contributed by atoms with E-state index in [-0.39, 0.29) is 17.2 Å². The lowest BCUT2D eigenvalue weighted by molar-refractivity contribution is -0.143. The maximum absolute atomic E-state index is 12.2. The smallest absolute Gasteiger partial charge is 0.225 e. The Hall–Kier alpha value is -0.860. The summed E-state index contributed by atoms with van der Waals surface area (Å²) in [7, 11) is 0. The molecule has 0 aromatic heterocycles. The highest BCUT2D eigenvalue weighted by atomic mass is 16.2. The van der Waals surface area contributed by atoms with Crippen molar-refractivity contribution >= 4 is 11.7 Å². The SMILES string of the molecule is CC1(C)CN(C(=O)C2CCCC2)CCC1=O. The first kappa shape index (κ1) is 11.6. The van der Waals surface area contributed by atoms with Gasteiger partial charge in [-0.3, -0.25) is 9.59 Å². The van der Waals surface area contributed by atoms with E-state index in [1.807, 2.05) is 18.7 Å². The fourth-order valence-corrected chi connectivity index (χ4v) is 2.84. The third-order valence-electron chi connectivity index (χ3n) is 3.97. The molecule has 1 amide bonds. The second-order valence-corrected chi connectivity index (χ2v) is 5.80. The van der Waals surface area contributed by atoms with Crippen LogP contribution in [0.1, 0.15) is 46.0 Å². The van der Waals surface area contributed by atoms with Crippen LogP contribution < -0.4 is 0 Å². The minimum atomic E-state index is -0.341. The van der Waals surface area contributed by atoms with Gasteiger partial charge < -0.3 is 4.90 Å². The lowest BCUT2D eigenvalue weighted by Crippen LogP contribution is -2.50. The zero-order valence-electron chi connectivity index (χ0n) is 10.3. The van der Waals surface area contributed by atoms with Crippen LogP contribution in [0.25, 0.3) is 0 Å². The van der Waals surface area contributed by atoms with Crippen LogP contribution in [0.5, 0.6) is 0 Å². The third-order valence-corrected chi connectivity index (χ3v) is 3.97. The van der Waals surface area contributed by atoms with E-state index in [9.17, 15) is 9.59 Å². The normalized spacial score (nSPS) is 26.1. The van der Waals surface area contributed by atoms with Crippen LogP contribution in [0.3, 0.4) is 0 Å². The third kappa shape index (κ3) is 2.13. The van der Waals surface area contributed by atoms with Crippen molar-refractivity contribution in [2.24, 2.45) is 11.3 Å². The molecule has 16 heavy (non-hydrogen) atoms. The van der Waals surface area contributed by atoms with Gasteiger partial charge >= 0.3 is 0 Å². The quantitative estimate of drug-likeness (QED) is 0.682. The molecule has 0 aromatic carbocycles. The van der Waals surface area contributed by atoms with E-state index in [0.29, 0.717) is 25.3 Å². The molecule has 3 heteroatoms. The number of hydrogen-bond acceptors (Lipinski definition) is 2. The molecule has 1 aliphatic carbocycles. The number of rotatable bonds is 1. The molecule has 2 fully saturated rings. The first-order chi connectivity index (χ1) is 7.50. The molecule has 1 heterocycles. The van der Waals surface area contributed by atoms with Gasteiger partial charge in [-0.1, -0.05) is 26.7 Å². The Morgan fingerprint density at radius 1 is 1.31 bits per heavy atom. The number of likely N-dealkylation sites (tertiary alicyclic amines) is 1. The van der Waals surface area contributed by atoms with E-state index in [0.717, 1.165) is 12.8 Å². The van der Waals surface area contributed by atoms with E-state index in [4.69, 9.17) is 0 Å². The molecular weight excluding hydrogens is 202 g/mol. The van der Waals surface area contributed by atoms with E-state index in [1.54, 1.807) is 0 Å². The van der Waals surface area contributed by atoms with Crippen molar-refractivity contribution in [2.45, 2.75) is 46.0 Å². The number of ketones is 1. The first-order valence-corrected chi connectivity index (χ1v) is 6.33. The van der Waals surface area contributed by atoms with Crippen molar-refractivity contribution < 1.29 is 9.59 Å². The molecule has 0 aromatic rings. The molecular formula is C13H21NO2. The highest BCUT2D eigenvalue weighted by Gasteiger charge is 2.38. The van der Waals surface area contributed by atoms with Gasteiger partial charge in [0.15, 0.2) is 0 Å². The average Bonchev–Trinajstić information content (AvgIpc) is 2.74. The Morgan fingerprint density at radius 2 is 1.94 bits per heavy atom. The largest absolute Gasteiger partial charge is 0.341 e. The van der Waals surface area contributed by atoms with Crippen molar-refractivity contribution in [1.29, 1.82) is 0 Å². The van der Waals surface area contributed by atoms with Crippen LogP contribution in [0.4, 0.5) is 0 Å². The van der Waals surface area contributed by atoms with Gasteiger partial charge in [-0.05, 0) is 12.8 Å². The van der Waals surface area contributed by atoms with Gasteiger partial charge in [0.2, 0.25) is 5.91 Å². The number of hydrogen-bond donors (Lipinski definition) is 0. The second-order valence-electron chi connectivity index (χ2n) is 5.80. The summed E-state index contributed by atoms with van der Waals surface area (Å²) in [6, 6.07) is 0. The summed E-state index contributed by atoms with van der Waals surface area (Å²) in [5.41, 5.74) is -0.341. The zero-order chi connectivity index (χ0) is 11.8. The summed E-state index contributed by atoms with van der Waals surface area (Å²) in [6.45, 7) is 5.14. The van der Waals surface area contributed by atoms with Gasteiger partial charge in [0.05, 0.1) is 0 Å². The minimum Gasteiger partial charge on any atom is -0.341 e. The standard InChI is InChI=1S/C13H21NO2/c1-13(2)9-14(8-7-11(13)15)12(16)10-5-3-4-6-10/h10H,3-9H2,1-2H3. The number of carbonyl (C=O) groups is 2. The van der Waals surface area contributed by atoms with Gasteiger partial charge in [-0.2, -0.15) is 0 Å². The monoisotopic (exact) mass is 223 g/mol. The van der Waals surface area contributed by atoms with Crippen LogP contribution >= 0.6 is 0 Å². The predicted molar refractivity (Wildman–Crippen MR) is 61.9 cm³/mol. The molecule has 0 atom stereocenters. The molecule has 0 spiro atoms. The van der Waals surface area contributed by atoms with Gasteiger partial charge in [0.25, 0.3) is 0 Å². The van der Waals surface area contributed by atoms with Crippen molar-refractivity contribution in [3.05, 3.63) is 0 Å². The molecule has 90 valence electrons. The molecule has 3 nitrogen and oxygen atoms in total. The van der Waals surface area contributed by atoms with Crippen molar-refractivity contribution in [1.82, 2.24) is 4.90 Å². The summed E-state index contributed by atoms with van der Waals surface area (Å²) in [5.74, 6) is 0.824. The van der Waals surface area contributed by atoms with Crippen molar-refractivity contribution in [2.75, 3.05) is 13.1 Å². The lowest BCUT2D eigenvalue weighted by Gasteiger charge is -2.38. The van der Waals surface area contributed by atoms with Crippen LogP contribution in [0.15, 0.2) is 0 Å². The fraction of sp³-hybridized carbons (Fsp3) is 0.846. The number of carbonyl (C=O) groups excluding carboxylic acids is 2. The Bertz CT molecular complexity index is 303. The molecule has 1 aliphatic heterocycles. The minimum absolute atomic E-state index is 0.240. The first-order valence-electron chi connectivity index (χ1n) is 6.33. The maximum atomic E-state index is 12.2. The number of nitrogens with zero attached hydrogens (tertiary/aromatic N) is 1. The molecule has 0 bridgehead atoms. The molecule has 2 aliphatic rings. The van der Waals surface area contributed by atoms with E-state index >= 15 is 0 Å². The van der Waals surface area contributed by atoms with Crippen LogP contribution in [0.2, 0.25) is 0 Å². The molecule has 1 saturated carbocycles. The Balaban J connectivity index is 2.00. The highest BCUT2D eigenvalue weighted by molar-refractivity contribution is 5.88. The molecule has 2 rings (SSSR count). The maximum Gasteiger partial charge on any atom is 0.225 e. The van der Waals surface area contributed by atoms with Crippen LogP contribution in [-0.2, 0) is 9.59 Å². The topological polar surface area (TPSA) is 37.4 Å². The number of piperidine rings is 1. The highest BCUT2D eigenvalue weighted by Crippen LogP contribution is 2.30. The van der Waals surface area contributed by atoms with Gasteiger partial charge in [-0.15, -0.1) is 0 Å². The summed E-state index contributed by atoms with van der Waals surface area (Å²) >= 11 is 0. The van der Waals surface area contributed by atoms with Crippen LogP contribution in [-0.4, -0.2) is 29.7 Å². The van der Waals surface area contributed by atoms with E-state index in [1.165, 1.54) is 12.8 Å². The summed E-state index contributed by atoms with van der Waals surface area (Å²) in [6.07, 6.45) is 5.00. The molecule has 1 saturated heterocycles. The second kappa shape index (κ2) is 4.19. The Morgan fingerprint density at radius 3 is 2.50 bits per heavy atom. The summed E-state index contributed by atoms with van der Waals surface area (Å²) in [5, 5.41) is 0. The van der Waals surface area contributed by atoms with Gasteiger partial charge in [0, 0.05) is 30.8 Å². The van der Waals surface area contributed by atoms with Gasteiger partial charge in [0.1, 0.15) is 5.78 Å². The van der Waals surface area contributed by atoms with Crippen molar-refractivity contribution in [3.63, 3.8) is 0 Å². The summed E-state index contributed by atoms with van der Waals surface area (Å²) < 4.78 is 0. The average molecular weight is 223 g/mol. The lowest BCUT2D eigenvalue weighted by atomic mass is 9.82. The van der Waals surface area contributed by atoms with Crippen LogP contribution in [0, 0.1) is 11.3 Å². The molecule has 0 unspecified atom stereocenters. The number of amides is 1.